The highest BCUT2D eigenvalue weighted by atomic mass is 16.4. The van der Waals surface area contributed by atoms with Crippen LogP contribution in [0.25, 0.3) is 0 Å². The summed E-state index contributed by atoms with van der Waals surface area (Å²) in [6, 6.07) is 27.0. The lowest BCUT2D eigenvalue weighted by molar-refractivity contribution is -0.165. The molecule has 4 atom stereocenters. The largest absolute Gasteiger partial charge is 0.479 e. The molecular weight excluding hydrogens is 568 g/mol. The second-order valence-corrected chi connectivity index (χ2v) is 7.93. The van der Waals surface area contributed by atoms with Crippen molar-refractivity contribution in [3.8, 4) is 0 Å². The van der Waals surface area contributed by atoms with Gasteiger partial charge in [0.2, 0.25) is 0 Å². The summed E-state index contributed by atoms with van der Waals surface area (Å²) in [7, 11) is 0. The van der Waals surface area contributed by atoms with Crippen LogP contribution in [-0.2, 0) is 19.2 Å². The maximum absolute atomic E-state index is 11.8. The number of nitrogens with one attached hydrogen (secondary N) is 5. The maximum atomic E-state index is 11.8. The molecule has 0 bridgehead atoms. The van der Waals surface area contributed by atoms with E-state index in [9.17, 15) is 29.4 Å². The van der Waals surface area contributed by atoms with Crippen molar-refractivity contribution in [1.82, 2.24) is 10.9 Å². The van der Waals surface area contributed by atoms with Crippen LogP contribution in [0.4, 0.5) is 17.1 Å². The van der Waals surface area contributed by atoms with E-state index in [0.29, 0.717) is 11.4 Å². The first-order valence-electron chi connectivity index (χ1n) is 11.9. The highest BCUT2D eigenvalue weighted by molar-refractivity contribution is 5.91. The molecule has 3 aromatic carbocycles. The summed E-state index contributed by atoms with van der Waals surface area (Å²) in [5.41, 5.74) is 14.2. The van der Waals surface area contributed by atoms with Crippen LogP contribution in [0.3, 0.4) is 0 Å². The summed E-state index contributed by atoms with van der Waals surface area (Å²) in [6.45, 7) is 0. The number of carboxylic acid groups (broad SMARTS) is 2. The molecule has 0 saturated carbocycles. The summed E-state index contributed by atoms with van der Waals surface area (Å²) < 4.78 is 0. The third kappa shape index (κ3) is 14.8. The molecule has 2 amide bonds. The number of aliphatic hydroxyl groups is 4. The number of carbonyl (C=O) groups excluding carboxylic acids is 2. The molecule has 13 N–H and O–H groups in total. The number of carboxylic acids is 2. The second kappa shape index (κ2) is 20.6. The first-order chi connectivity index (χ1) is 20.0. The van der Waals surface area contributed by atoms with Crippen LogP contribution in [0.5, 0.6) is 0 Å². The van der Waals surface area contributed by atoms with Gasteiger partial charge in [-0.1, -0.05) is 62.0 Å². The summed E-state index contributed by atoms with van der Waals surface area (Å²) in [6.07, 6.45) is -8.40. The van der Waals surface area contributed by atoms with E-state index < -0.39 is 48.2 Å². The smallest absolute Gasteiger partial charge is 0.335 e. The van der Waals surface area contributed by atoms with Gasteiger partial charge in [-0.25, -0.2) is 9.59 Å². The van der Waals surface area contributed by atoms with Gasteiger partial charge in [-0.2, -0.15) is 0 Å². The standard InChI is InChI=1S/C16H18N4O4.C6H8N2.C4H6O6.CH4/c21-13(15(23)19-17-11-7-3-1-4-8-11)14(22)16(24)20-18-12-9-5-2-6-10-12;7-8-6-4-2-1-3-5-6;5-1(3(7)8)2(6)4(9)10;/h1-10,13-14,17-18,21-22H,(H,19,23)(H,20,24);1-5,8H,7H2;1-2,5-6H,(H,7,8)(H,9,10);1H4. The third-order valence-corrected chi connectivity index (χ3v) is 4.79. The molecule has 3 rings (SSSR count). The van der Waals surface area contributed by atoms with Gasteiger partial charge >= 0.3 is 11.9 Å². The minimum atomic E-state index is -2.27. The molecule has 0 heterocycles. The fourth-order valence-electron chi connectivity index (χ4n) is 2.55. The Morgan fingerprint density at radius 1 is 0.512 bits per heavy atom. The van der Waals surface area contributed by atoms with Gasteiger partial charge in [0, 0.05) is 5.69 Å². The first-order valence-corrected chi connectivity index (χ1v) is 11.9. The van der Waals surface area contributed by atoms with Crippen molar-refractivity contribution < 1.29 is 49.8 Å². The lowest BCUT2D eigenvalue weighted by Crippen LogP contribution is -2.51. The predicted octanol–water partition coefficient (Wildman–Crippen LogP) is -0.519. The molecule has 0 radical (unpaired) electrons. The molecular formula is C27H36N6O10. The van der Waals surface area contributed by atoms with Crippen molar-refractivity contribution in [2.24, 2.45) is 5.84 Å². The number of carbonyl (C=O) groups is 4. The van der Waals surface area contributed by atoms with Gasteiger partial charge in [0.15, 0.2) is 24.4 Å². The van der Waals surface area contributed by atoms with Crippen LogP contribution in [-0.4, -0.2) is 78.8 Å². The zero-order chi connectivity index (χ0) is 31.5. The number of para-hydroxylation sites is 3. The number of rotatable bonds is 11. The van der Waals surface area contributed by atoms with Gasteiger partial charge < -0.3 is 36.1 Å². The number of nitrogen functional groups attached to an aromatic ring is 1. The van der Waals surface area contributed by atoms with E-state index in [1.807, 2.05) is 30.3 Å². The molecule has 0 aromatic heterocycles. The number of anilines is 3. The Labute approximate surface area is 246 Å². The molecule has 4 unspecified atom stereocenters. The van der Waals surface area contributed by atoms with Crippen molar-refractivity contribution in [2.75, 3.05) is 16.3 Å². The normalized spacial score (nSPS) is 12.3. The molecule has 3 aromatic rings. The Hall–Kier alpha value is -5.26. The van der Waals surface area contributed by atoms with Crippen molar-refractivity contribution in [3.63, 3.8) is 0 Å². The summed E-state index contributed by atoms with van der Waals surface area (Å²) in [5.74, 6) is -0.324. The van der Waals surface area contributed by atoms with E-state index in [1.54, 1.807) is 60.7 Å². The Bertz CT molecular complexity index is 1160. The molecule has 0 spiro atoms. The van der Waals surface area contributed by atoms with Crippen LogP contribution < -0.4 is 33.0 Å². The van der Waals surface area contributed by atoms with E-state index in [-0.39, 0.29) is 7.43 Å². The van der Waals surface area contributed by atoms with E-state index in [1.165, 1.54) is 0 Å². The number of benzene rings is 3. The molecule has 0 aliphatic carbocycles. The quantitative estimate of drug-likeness (QED) is 0.0970. The lowest BCUT2D eigenvalue weighted by atomic mass is 10.2. The van der Waals surface area contributed by atoms with Crippen LogP contribution >= 0.6 is 0 Å². The van der Waals surface area contributed by atoms with Gasteiger partial charge in [-0.3, -0.25) is 37.1 Å². The molecule has 234 valence electrons. The summed E-state index contributed by atoms with van der Waals surface area (Å²) in [4.78, 5) is 43.0. The molecule has 16 nitrogen and oxygen atoms in total. The summed E-state index contributed by atoms with van der Waals surface area (Å²) in [5, 5.41) is 52.0. The molecule has 0 aliphatic heterocycles. The van der Waals surface area contributed by atoms with E-state index in [4.69, 9.17) is 26.3 Å². The number of amides is 2. The third-order valence-electron chi connectivity index (χ3n) is 4.79. The second-order valence-electron chi connectivity index (χ2n) is 7.93. The number of hydrazine groups is 3. The van der Waals surface area contributed by atoms with Gasteiger partial charge in [-0.05, 0) is 36.4 Å². The monoisotopic (exact) mass is 604 g/mol. The number of hydrogen-bond donors (Lipinski definition) is 12. The van der Waals surface area contributed by atoms with Gasteiger partial charge in [0.25, 0.3) is 11.8 Å². The number of aliphatic hydroxyl groups excluding tert-OH is 4. The van der Waals surface area contributed by atoms with Crippen LogP contribution in [0, 0.1) is 0 Å². The lowest BCUT2D eigenvalue weighted by Gasteiger charge is -2.18. The number of nitrogens with two attached hydrogens (primary N) is 1. The molecule has 0 saturated heterocycles. The van der Waals surface area contributed by atoms with Gasteiger partial charge in [0.05, 0.1) is 11.4 Å². The Balaban J connectivity index is 0.000000763. The minimum absolute atomic E-state index is 0. The van der Waals surface area contributed by atoms with E-state index >= 15 is 0 Å². The van der Waals surface area contributed by atoms with E-state index in [0.717, 1.165) is 5.69 Å². The fourth-order valence-corrected chi connectivity index (χ4v) is 2.55. The van der Waals surface area contributed by atoms with Crippen LogP contribution in [0.15, 0.2) is 91.0 Å². The number of hydrogen-bond acceptors (Lipinski definition) is 12. The van der Waals surface area contributed by atoms with Crippen molar-refractivity contribution >= 4 is 40.8 Å². The molecule has 0 aliphatic rings. The zero-order valence-corrected chi connectivity index (χ0v) is 21.9. The van der Waals surface area contributed by atoms with Gasteiger partial charge in [-0.15, -0.1) is 0 Å². The molecule has 16 heteroatoms. The van der Waals surface area contributed by atoms with Crippen LogP contribution in [0.1, 0.15) is 7.43 Å². The SMILES string of the molecule is C.NNc1ccccc1.O=C(NNc1ccccc1)C(O)C(O)C(=O)NNc1ccccc1.O=C(O)C(O)C(O)C(=O)O. The average molecular weight is 605 g/mol. The van der Waals surface area contributed by atoms with Gasteiger partial charge in [0.1, 0.15) is 0 Å². The van der Waals surface area contributed by atoms with Crippen molar-refractivity contribution in [2.45, 2.75) is 31.8 Å². The minimum Gasteiger partial charge on any atom is -0.479 e. The molecule has 0 fully saturated rings. The summed E-state index contributed by atoms with van der Waals surface area (Å²) >= 11 is 0. The highest BCUT2D eigenvalue weighted by Crippen LogP contribution is 2.05. The van der Waals surface area contributed by atoms with E-state index in [2.05, 4.69) is 27.1 Å². The topological polar surface area (TPSA) is 276 Å². The zero-order valence-electron chi connectivity index (χ0n) is 21.9. The average Bonchev–Trinajstić information content (AvgIpc) is 3.02. The first kappa shape index (κ1) is 37.7. The maximum Gasteiger partial charge on any atom is 0.335 e. The van der Waals surface area contributed by atoms with Crippen molar-refractivity contribution in [3.05, 3.63) is 91.0 Å². The van der Waals surface area contributed by atoms with Crippen molar-refractivity contribution in [1.29, 1.82) is 0 Å². The Morgan fingerprint density at radius 2 is 0.791 bits per heavy atom. The molecule has 43 heavy (non-hydrogen) atoms. The van der Waals surface area contributed by atoms with Crippen LogP contribution in [0.2, 0.25) is 0 Å². The number of aliphatic carboxylic acids is 2. The fraction of sp³-hybridized carbons (Fsp3) is 0.185. The Morgan fingerprint density at radius 3 is 1.02 bits per heavy atom. The predicted molar refractivity (Wildman–Crippen MR) is 157 cm³/mol. The Kier molecular flexibility index (Phi) is 18.1. The highest BCUT2D eigenvalue weighted by Gasteiger charge is 2.30.